The largest absolute Gasteiger partial charge is 0.497 e. The molecule has 0 N–H and O–H groups in total. The third-order valence-electron chi connectivity index (χ3n) is 4.39. The van der Waals surface area contributed by atoms with Gasteiger partial charge in [-0.15, -0.1) is 0 Å². The monoisotopic (exact) mass is 441 g/mol. The zero-order valence-electron chi connectivity index (χ0n) is 15.4. The van der Waals surface area contributed by atoms with Crippen LogP contribution in [0.4, 0.5) is 0 Å². The van der Waals surface area contributed by atoms with Crippen LogP contribution in [-0.4, -0.2) is 22.2 Å². The number of furan rings is 1. The highest BCUT2D eigenvalue weighted by atomic mass is 35.5. The Morgan fingerprint density at radius 2 is 2.00 bits per heavy atom. The molecule has 0 atom stereocenters. The standard InChI is InChI=1S/C22H16ClNO3S2/c1-26-15-6-4-5-14(11-15)13-24-21(25)20(29-22(24)28)12-16-9-10-19(27-16)17-7-2-3-8-18(17)23/h2-12H,13H2,1H3. The van der Waals surface area contributed by atoms with Gasteiger partial charge in [0.05, 0.1) is 23.6 Å². The van der Waals surface area contributed by atoms with Crippen molar-refractivity contribution in [1.29, 1.82) is 0 Å². The topological polar surface area (TPSA) is 42.7 Å². The minimum atomic E-state index is -0.140. The molecule has 0 saturated carbocycles. The maximum atomic E-state index is 12.9. The van der Waals surface area contributed by atoms with E-state index in [0.29, 0.717) is 32.3 Å². The first-order valence-corrected chi connectivity index (χ1v) is 10.4. The summed E-state index contributed by atoms with van der Waals surface area (Å²) in [7, 11) is 1.61. The number of amides is 1. The molecule has 7 heteroatoms. The first-order chi connectivity index (χ1) is 14.0. The molecule has 29 heavy (non-hydrogen) atoms. The summed E-state index contributed by atoms with van der Waals surface area (Å²) in [4.78, 5) is 15.0. The Morgan fingerprint density at radius 1 is 1.17 bits per heavy atom. The fourth-order valence-corrected chi connectivity index (χ4v) is 4.42. The van der Waals surface area contributed by atoms with Gasteiger partial charge in [0.2, 0.25) is 0 Å². The summed E-state index contributed by atoms with van der Waals surface area (Å²) in [5.74, 6) is 1.82. The predicted molar refractivity (Wildman–Crippen MR) is 121 cm³/mol. The van der Waals surface area contributed by atoms with E-state index in [0.717, 1.165) is 16.9 Å². The zero-order chi connectivity index (χ0) is 20.4. The highest BCUT2D eigenvalue weighted by Gasteiger charge is 2.32. The van der Waals surface area contributed by atoms with Crippen LogP contribution in [0.2, 0.25) is 5.02 Å². The molecule has 3 aromatic rings. The van der Waals surface area contributed by atoms with Crippen molar-refractivity contribution in [2.45, 2.75) is 6.54 Å². The van der Waals surface area contributed by atoms with Crippen LogP contribution in [0.5, 0.6) is 5.75 Å². The highest BCUT2D eigenvalue weighted by molar-refractivity contribution is 8.26. The van der Waals surface area contributed by atoms with E-state index >= 15 is 0 Å². The molecule has 4 nitrogen and oxygen atoms in total. The van der Waals surface area contributed by atoms with Crippen LogP contribution < -0.4 is 4.74 Å². The van der Waals surface area contributed by atoms with Crippen LogP contribution in [0.3, 0.4) is 0 Å². The Hall–Kier alpha value is -2.54. The molecule has 0 aliphatic carbocycles. The van der Waals surface area contributed by atoms with Gasteiger partial charge in [0, 0.05) is 11.6 Å². The molecule has 1 aliphatic heterocycles. The summed E-state index contributed by atoms with van der Waals surface area (Å²) < 4.78 is 11.6. The number of thiocarbonyl (C=S) groups is 1. The first kappa shape index (κ1) is 19.8. The number of hydrogen-bond donors (Lipinski definition) is 0. The molecule has 2 aromatic carbocycles. The molecular formula is C22H16ClNO3S2. The summed E-state index contributed by atoms with van der Waals surface area (Å²) in [6, 6.07) is 18.7. The van der Waals surface area contributed by atoms with Gasteiger partial charge >= 0.3 is 0 Å². The lowest BCUT2D eigenvalue weighted by molar-refractivity contribution is -0.122. The average Bonchev–Trinajstić information content (AvgIpc) is 3.29. The number of carbonyl (C=O) groups is 1. The second-order valence-electron chi connectivity index (χ2n) is 6.30. The molecule has 0 spiro atoms. The lowest BCUT2D eigenvalue weighted by atomic mass is 10.2. The van der Waals surface area contributed by atoms with Crippen molar-refractivity contribution in [3.05, 3.63) is 81.9 Å². The SMILES string of the molecule is COc1cccc(CN2C(=O)C(=Cc3ccc(-c4ccccc4Cl)o3)SC2=S)c1. The third-order valence-corrected chi connectivity index (χ3v) is 6.10. The van der Waals surface area contributed by atoms with Gasteiger partial charge in [0.1, 0.15) is 21.6 Å². The highest BCUT2D eigenvalue weighted by Crippen LogP contribution is 2.35. The second-order valence-corrected chi connectivity index (χ2v) is 8.38. The van der Waals surface area contributed by atoms with E-state index in [1.165, 1.54) is 11.8 Å². The molecule has 2 heterocycles. The third kappa shape index (κ3) is 4.24. The van der Waals surface area contributed by atoms with Gasteiger partial charge in [-0.1, -0.05) is 59.8 Å². The van der Waals surface area contributed by atoms with E-state index in [9.17, 15) is 4.79 Å². The molecule has 1 amide bonds. The smallest absolute Gasteiger partial charge is 0.266 e. The number of hydrogen-bond acceptors (Lipinski definition) is 5. The predicted octanol–water partition coefficient (Wildman–Crippen LogP) is 6.01. The van der Waals surface area contributed by atoms with Crippen LogP contribution in [0.15, 0.2) is 70.0 Å². The number of thioether (sulfide) groups is 1. The van der Waals surface area contributed by atoms with Crippen LogP contribution in [-0.2, 0) is 11.3 Å². The van der Waals surface area contributed by atoms with E-state index < -0.39 is 0 Å². The van der Waals surface area contributed by atoms with Crippen LogP contribution in [0.1, 0.15) is 11.3 Å². The number of methoxy groups -OCH3 is 1. The summed E-state index contributed by atoms with van der Waals surface area (Å²) in [5.41, 5.74) is 1.75. The number of ether oxygens (including phenoxy) is 1. The van der Waals surface area contributed by atoms with E-state index in [4.69, 9.17) is 33.0 Å². The van der Waals surface area contributed by atoms with Crippen molar-refractivity contribution in [1.82, 2.24) is 4.90 Å². The molecule has 0 unspecified atom stereocenters. The normalized spacial score (nSPS) is 15.4. The molecule has 1 fully saturated rings. The van der Waals surface area contributed by atoms with Gasteiger partial charge in [-0.3, -0.25) is 9.69 Å². The van der Waals surface area contributed by atoms with Crippen LogP contribution in [0, 0.1) is 0 Å². The second kappa shape index (κ2) is 8.45. The summed E-state index contributed by atoms with van der Waals surface area (Å²) in [6.07, 6.45) is 1.71. The van der Waals surface area contributed by atoms with E-state index in [-0.39, 0.29) is 5.91 Å². The molecular weight excluding hydrogens is 426 g/mol. The lowest BCUT2D eigenvalue weighted by Crippen LogP contribution is -2.27. The Morgan fingerprint density at radius 3 is 2.79 bits per heavy atom. The van der Waals surface area contributed by atoms with Crippen molar-refractivity contribution in [3.63, 3.8) is 0 Å². The Balaban J connectivity index is 1.54. The minimum Gasteiger partial charge on any atom is -0.497 e. The minimum absolute atomic E-state index is 0.140. The molecule has 4 rings (SSSR count). The number of benzene rings is 2. The molecule has 1 saturated heterocycles. The van der Waals surface area contributed by atoms with Gasteiger partial charge in [-0.05, 0) is 42.0 Å². The van der Waals surface area contributed by atoms with E-state index in [1.54, 1.807) is 18.1 Å². The van der Waals surface area contributed by atoms with E-state index in [2.05, 4.69) is 0 Å². The number of rotatable bonds is 5. The fraction of sp³-hybridized carbons (Fsp3) is 0.0909. The van der Waals surface area contributed by atoms with E-state index in [1.807, 2.05) is 60.7 Å². The van der Waals surface area contributed by atoms with Gasteiger partial charge in [0.15, 0.2) is 0 Å². The first-order valence-electron chi connectivity index (χ1n) is 8.78. The summed E-state index contributed by atoms with van der Waals surface area (Å²) >= 11 is 12.9. The van der Waals surface area contributed by atoms with Crippen LogP contribution >= 0.6 is 35.6 Å². The number of nitrogens with zero attached hydrogens (tertiary/aromatic N) is 1. The van der Waals surface area contributed by atoms with Crippen molar-refractivity contribution >= 4 is 51.9 Å². The van der Waals surface area contributed by atoms with Gasteiger partial charge in [-0.25, -0.2) is 0 Å². The van der Waals surface area contributed by atoms with Crippen molar-refractivity contribution < 1.29 is 13.9 Å². The number of carbonyl (C=O) groups excluding carboxylic acids is 1. The average molecular weight is 442 g/mol. The number of halogens is 1. The quantitative estimate of drug-likeness (QED) is 0.358. The van der Waals surface area contributed by atoms with Gasteiger partial charge < -0.3 is 9.15 Å². The lowest BCUT2D eigenvalue weighted by Gasteiger charge is -2.14. The maximum absolute atomic E-state index is 12.9. The van der Waals surface area contributed by atoms with Gasteiger partial charge in [0.25, 0.3) is 5.91 Å². The molecule has 0 radical (unpaired) electrons. The van der Waals surface area contributed by atoms with Crippen molar-refractivity contribution in [3.8, 4) is 17.1 Å². The van der Waals surface area contributed by atoms with Crippen LogP contribution in [0.25, 0.3) is 17.4 Å². The van der Waals surface area contributed by atoms with Crippen molar-refractivity contribution in [2.24, 2.45) is 0 Å². The Kier molecular flexibility index (Phi) is 5.76. The van der Waals surface area contributed by atoms with Gasteiger partial charge in [-0.2, -0.15) is 0 Å². The summed E-state index contributed by atoms with van der Waals surface area (Å²) in [6.45, 7) is 0.391. The Bertz CT molecular complexity index is 1120. The molecule has 1 aromatic heterocycles. The zero-order valence-corrected chi connectivity index (χ0v) is 17.8. The molecule has 1 aliphatic rings. The maximum Gasteiger partial charge on any atom is 0.266 e. The molecule has 0 bridgehead atoms. The fourth-order valence-electron chi connectivity index (χ4n) is 2.96. The molecule has 146 valence electrons. The Labute approximate surface area is 183 Å². The summed E-state index contributed by atoms with van der Waals surface area (Å²) in [5, 5.41) is 0.609. The van der Waals surface area contributed by atoms with Crippen molar-refractivity contribution in [2.75, 3.05) is 7.11 Å².